The number of imide groups is 1. The minimum absolute atomic E-state index is 0.0207. The zero-order chi connectivity index (χ0) is 24.1. The van der Waals surface area contributed by atoms with Crippen molar-refractivity contribution >= 4 is 28.6 Å². The monoisotopic (exact) mass is 462 g/mol. The van der Waals surface area contributed by atoms with Crippen LogP contribution in [0.3, 0.4) is 0 Å². The fraction of sp³-hybridized carbons (Fsp3) is 0.385. The molecule has 4 rings (SSSR count). The van der Waals surface area contributed by atoms with E-state index in [1.165, 1.54) is 12.0 Å². The van der Waals surface area contributed by atoms with E-state index in [2.05, 4.69) is 10.4 Å². The summed E-state index contributed by atoms with van der Waals surface area (Å²) >= 11 is 0. The molecule has 1 saturated heterocycles. The number of aryl methyl sites for hydroxylation is 2. The fourth-order valence-corrected chi connectivity index (χ4v) is 4.76. The molecule has 0 unspecified atom stereocenters. The molecule has 0 saturated carbocycles. The molecular weight excluding hydrogens is 432 g/mol. The second-order valence-corrected chi connectivity index (χ2v) is 8.72. The van der Waals surface area contributed by atoms with Crippen molar-refractivity contribution in [3.63, 3.8) is 0 Å². The SMILES string of the molecule is COCCN1C(=O)C[C@](CC(=O)NCCCn2ncc3ccccc32)(c2ccccc2C)C1=O. The molecule has 1 aliphatic rings. The van der Waals surface area contributed by atoms with Gasteiger partial charge in [-0.1, -0.05) is 42.5 Å². The van der Waals surface area contributed by atoms with Gasteiger partial charge in [0.15, 0.2) is 0 Å². The molecule has 1 N–H and O–H groups in total. The van der Waals surface area contributed by atoms with Crippen molar-refractivity contribution in [3.05, 3.63) is 65.9 Å². The third-order valence-electron chi connectivity index (χ3n) is 6.47. The van der Waals surface area contributed by atoms with Crippen molar-refractivity contribution in [1.82, 2.24) is 20.0 Å². The lowest BCUT2D eigenvalue weighted by molar-refractivity contribution is -0.141. The van der Waals surface area contributed by atoms with E-state index in [1.54, 1.807) is 0 Å². The van der Waals surface area contributed by atoms with E-state index >= 15 is 0 Å². The van der Waals surface area contributed by atoms with Crippen LogP contribution in [-0.4, -0.2) is 59.2 Å². The lowest BCUT2D eigenvalue weighted by atomic mass is 9.74. The number of ether oxygens (including phenoxy) is 1. The van der Waals surface area contributed by atoms with Crippen LogP contribution in [0.1, 0.15) is 30.4 Å². The molecule has 2 heterocycles. The summed E-state index contributed by atoms with van der Waals surface area (Å²) in [5.74, 6) is -0.853. The Bertz CT molecular complexity index is 1200. The van der Waals surface area contributed by atoms with Crippen molar-refractivity contribution < 1.29 is 19.1 Å². The van der Waals surface area contributed by atoms with Crippen LogP contribution in [0.4, 0.5) is 0 Å². The molecular formula is C26H30N4O4. The van der Waals surface area contributed by atoms with Crippen LogP contribution in [-0.2, 0) is 31.1 Å². The Balaban J connectivity index is 1.44. The summed E-state index contributed by atoms with van der Waals surface area (Å²) in [4.78, 5) is 40.5. The van der Waals surface area contributed by atoms with E-state index < -0.39 is 5.41 Å². The lowest BCUT2D eigenvalue weighted by Gasteiger charge is -2.28. The number of carbonyl (C=O) groups excluding carboxylic acids is 3. The number of hydrogen-bond acceptors (Lipinski definition) is 5. The summed E-state index contributed by atoms with van der Waals surface area (Å²) in [5.41, 5.74) is 1.47. The van der Waals surface area contributed by atoms with Crippen LogP contribution in [0.25, 0.3) is 10.9 Å². The van der Waals surface area contributed by atoms with E-state index in [9.17, 15) is 14.4 Å². The molecule has 3 amide bonds. The summed E-state index contributed by atoms with van der Waals surface area (Å²) in [6.45, 7) is 3.46. The van der Waals surface area contributed by atoms with Crippen LogP contribution in [0.2, 0.25) is 0 Å². The Kier molecular flexibility index (Phi) is 7.07. The lowest BCUT2D eigenvalue weighted by Crippen LogP contribution is -2.43. The van der Waals surface area contributed by atoms with E-state index in [-0.39, 0.29) is 43.7 Å². The highest BCUT2D eigenvalue weighted by atomic mass is 16.5. The first-order valence-electron chi connectivity index (χ1n) is 11.5. The van der Waals surface area contributed by atoms with Crippen LogP contribution in [0.15, 0.2) is 54.7 Å². The fourth-order valence-electron chi connectivity index (χ4n) is 4.76. The normalized spacial score (nSPS) is 18.1. The van der Waals surface area contributed by atoms with Crippen molar-refractivity contribution in [2.75, 3.05) is 26.8 Å². The summed E-state index contributed by atoms with van der Waals surface area (Å²) in [6, 6.07) is 15.5. The van der Waals surface area contributed by atoms with Gasteiger partial charge in [0.25, 0.3) is 0 Å². The van der Waals surface area contributed by atoms with Gasteiger partial charge in [0.05, 0.1) is 30.3 Å². The number of rotatable bonds is 10. The van der Waals surface area contributed by atoms with Crippen LogP contribution in [0, 0.1) is 6.92 Å². The van der Waals surface area contributed by atoms with Gasteiger partial charge in [-0.3, -0.25) is 24.0 Å². The molecule has 1 aliphatic heterocycles. The van der Waals surface area contributed by atoms with Gasteiger partial charge in [-0.05, 0) is 30.5 Å². The van der Waals surface area contributed by atoms with Crippen LogP contribution >= 0.6 is 0 Å². The highest BCUT2D eigenvalue weighted by molar-refractivity contribution is 6.11. The maximum atomic E-state index is 13.5. The second kappa shape index (κ2) is 10.2. The van der Waals surface area contributed by atoms with Gasteiger partial charge in [0.2, 0.25) is 17.7 Å². The number of fused-ring (bicyclic) bond motifs is 1. The second-order valence-electron chi connectivity index (χ2n) is 8.72. The molecule has 34 heavy (non-hydrogen) atoms. The Labute approximate surface area is 198 Å². The van der Waals surface area contributed by atoms with Crippen LogP contribution < -0.4 is 5.32 Å². The van der Waals surface area contributed by atoms with E-state index in [1.807, 2.05) is 66.3 Å². The summed E-state index contributed by atoms with van der Waals surface area (Å²) in [7, 11) is 1.53. The first-order chi connectivity index (χ1) is 16.5. The summed E-state index contributed by atoms with van der Waals surface area (Å²) in [6.07, 6.45) is 2.43. The summed E-state index contributed by atoms with van der Waals surface area (Å²) < 4.78 is 6.99. The molecule has 2 aromatic carbocycles. The Morgan fingerprint density at radius 1 is 1.12 bits per heavy atom. The van der Waals surface area contributed by atoms with E-state index in [4.69, 9.17) is 4.74 Å². The van der Waals surface area contributed by atoms with E-state index in [0.717, 1.165) is 22.0 Å². The molecule has 0 radical (unpaired) electrons. The molecule has 0 bridgehead atoms. The number of aromatic nitrogens is 2. The Morgan fingerprint density at radius 2 is 1.88 bits per heavy atom. The number of carbonyl (C=O) groups is 3. The van der Waals surface area contributed by atoms with Gasteiger partial charge in [0, 0.05) is 38.4 Å². The third kappa shape index (κ3) is 4.59. The zero-order valence-electron chi connectivity index (χ0n) is 19.6. The van der Waals surface area contributed by atoms with E-state index in [0.29, 0.717) is 19.5 Å². The highest BCUT2D eigenvalue weighted by Crippen LogP contribution is 2.41. The average Bonchev–Trinajstić information content (AvgIpc) is 3.34. The maximum absolute atomic E-state index is 13.5. The standard InChI is InChI=1S/C26H30N4O4/c1-19-8-3-5-10-21(19)26(17-24(32)29(25(26)33)14-15-34-2)16-23(31)27-12-7-13-30-22-11-6-4-9-20(22)18-28-30/h3-6,8-11,18H,7,12-17H2,1-2H3,(H,27,31)/t26-/m1/s1. The van der Waals surface area contributed by atoms with Gasteiger partial charge >= 0.3 is 0 Å². The predicted molar refractivity (Wildman–Crippen MR) is 128 cm³/mol. The summed E-state index contributed by atoms with van der Waals surface area (Å²) in [5, 5.41) is 8.43. The Morgan fingerprint density at radius 3 is 2.68 bits per heavy atom. The van der Waals surface area contributed by atoms with Gasteiger partial charge in [-0.25, -0.2) is 0 Å². The number of methoxy groups -OCH3 is 1. The predicted octanol–water partition coefficient (Wildman–Crippen LogP) is 2.58. The number of benzene rings is 2. The molecule has 8 heteroatoms. The van der Waals surface area contributed by atoms with Crippen molar-refractivity contribution in [2.24, 2.45) is 0 Å². The average molecular weight is 463 g/mol. The minimum atomic E-state index is -1.20. The number of amides is 3. The zero-order valence-corrected chi connectivity index (χ0v) is 19.6. The first kappa shape index (κ1) is 23.6. The molecule has 178 valence electrons. The number of nitrogens with one attached hydrogen (secondary N) is 1. The topological polar surface area (TPSA) is 93.5 Å². The quantitative estimate of drug-likeness (QED) is 0.369. The van der Waals surface area contributed by atoms with Gasteiger partial charge in [0.1, 0.15) is 0 Å². The number of nitrogens with zero attached hydrogens (tertiary/aromatic N) is 3. The maximum Gasteiger partial charge on any atom is 0.240 e. The number of para-hydroxylation sites is 1. The van der Waals surface area contributed by atoms with Crippen LogP contribution in [0.5, 0.6) is 0 Å². The highest BCUT2D eigenvalue weighted by Gasteiger charge is 2.54. The molecule has 8 nitrogen and oxygen atoms in total. The molecule has 0 aliphatic carbocycles. The van der Waals surface area contributed by atoms with Crippen molar-refractivity contribution in [1.29, 1.82) is 0 Å². The first-order valence-corrected chi connectivity index (χ1v) is 11.5. The Hall–Kier alpha value is -3.52. The minimum Gasteiger partial charge on any atom is -0.383 e. The number of likely N-dealkylation sites (tertiary alicyclic amines) is 1. The van der Waals surface area contributed by atoms with Gasteiger partial charge < -0.3 is 10.1 Å². The molecule has 1 aromatic heterocycles. The van der Waals surface area contributed by atoms with Crippen molar-refractivity contribution in [3.8, 4) is 0 Å². The molecule has 1 fully saturated rings. The van der Waals surface area contributed by atoms with Gasteiger partial charge in [-0.15, -0.1) is 0 Å². The third-order valence-corrected chi connectivity index (χ3v) is 6.47. The molecule has 3 aromatic rings. The smallest absolute Gasteiger partial charge is 0.240 e. The van der Waals surface area contributed by atoms with Crippen molar-refractivity contribution in [2.45, 2.75) is 38.1 Å². The molecule has 1 atom stereocenters. The molecule has 0 spiro atoms. The largest absolute Gasteiger partial charge is 0.383 e. The number of hydrogen-bond donors (Lipinski definition) is 1. The van der Waals surface area contributed by atoms with Gasteiger partial charge in [-0.2, -0.15) is 5.10 Å².